The molecule has 2 aromatic heterocycles. The molecule has 1 amide bonds. The molecule has 1 saturated heterocycles. The van der Waals surface area contributed by atoms with Crippen LogP contribution in [0.4, 0.5) is 16.6 Å². The maximum atomic E-state index is 13.0. The predicted octanol–water partition coefficient (Wildman–Crippen LogP) is 1.75. The second-order valence-electron chi connectivity index (χ2n) is 7.80. The van der Waals surface area contributed by atoms with Gasteiger partial charge in [-0.15, -0.1) is 21.5 Å². The highest BCUT2D eigenvalue weighted by atomic mass is 35.5. The van der Waals surface area contributed by atoms with Crippen LogP contribution in [0.3, 0.4) is 0 Å². The van der Waals surface area contributed by atoms with E-state index in [0.717, 1.165) is 15.7 Å². The summed E-state index contributed by atoms with van der Waals surface area (Å²) in [6, 6.07) is 8.77. The van der Waals surface area contributed by atoms with Crippen LogP contribution in [-0.4, -0.2) is 81.7 Å². The SMILES string of the molecule is CN(c1ccccc1C(=O)Nc1ccc(S(=O)(=O)N2CCN(c3nc(Cl)cs3)CC2)nn1)S(C)(=O)=O. The number of para-hydroxylation sites is 1. The maximum Gasteiger partial charge on any atom is 0.262 e. The van der Waals surface area contributed by atoms with E-state index in [1.807, 2.05) is 4.90 Å². The van der Waals surface area contributed by atoms with Crippen LogP contribution < -0.4 is 14.5 Å². The van der Waals surface area contributed by atoms with Crippen LogP contribution >= 0.6 is 22.9 Å². The summed E-state index contributed by atoms with van der Waals surface area (Å²) in [5.74, 6) is -0.606. The minimum absolute atomic E-state index is 0.0150. The third-order valence-corrected chi connectivity index (χ3v) is 9.65. The highest BCUT2D eigenvalue weighted by Crippen LogP contribution is 2.26. The fraction of sp³-hybridized carbons (Fsp3) is 0.300. The molecule has 0 atom stereocenters. The van der Waals surface area contributed by atoms with Gasteiger partial charge in [-0.3, -0.25) is 9.10 Å². The maximum absolute atomic E-state index is 13.0. The first-order chi connectivity index (χ1) is 17.0. The average Bonchev–Trinajstić information content (AvgIpc) is 3.29. The van der Waals surface area contributed by atoms with E-state index in [2.05, 4.69) is 20.5 Å². The van der Waals surface area contributed by atoms with Gasteiger partial charge >= 0.3 is 0 Å². The first kappa shape index (κ1) is 26.2. The Morgan fingerprint density at radius 2 is 1.75 bits per heavy atom. The van der Waals surface area contributed by atoms with Gasteiger partial charge in [0, 0.05) is 38.6 Å². The molecule has 4 rings (SSSR count). The van der Waals surface area contributed by atoms with Gasteiger partial charge in [0.2, 0.25) is 10.0 Å². The van der Waals surface area contributed by atoms with Gasteiger partial charge in [-0.1, -0.05) is 23.7 Å². The van der Waals surface area contributed by atoms with Crippen molar-refractivity contribution in [3.63, 3.8) is 0 Å². The first-order valence-electron chi connectivity index (χ1n) is 10.5. The number of piperazine rings is 1. The number of halogens is 1. The van der Waals surface area contributed by atoms with Gasteiger partial charge in [0.05, 0.1) is 17.5 Å². The molecule has 1 aliphatic rings. The number of rotatable bonds is 7. The van der Waals surface area contributed by atoms with Crippen LogP contribution in [0.25, 0.3) is 0 Å². The summed E-state index contributed by atoms with van der Waals surface area (Å²) in [5, 5.41) is 12.8. The largest absolute Gasteiger partial charge is 0.345 e. The number of carbonyl (C=O) groups is 1. The molecule has 0 spiro atoms. The standard InChI is InChI=1S/C20H22ClN7O5S3/c1-26(35(2,30)31)15-6-4-3-5-14(15)19(29)23-17-7-8-18(25-24-17)36(32,33)28-11-9-27(10-12-28)20-22-16(21)13-34-20/h3-8,13H,9-12H2,1-2H3,(H,23,24,29). The van der Waals surface area contributed by atoms with E-state index in [-0.39, 0.29) is 35.2 Å². The van der Waals surface area contributed by atoms with E-state index in [0.29, 0.717) is 18.2 Å². The normalized spacial score (nSPS) is 15.0. The zero-order valence-corrected chi connectivity index (χ0v) is 22.4. The lowest BCUT2D eigenvalue weighted by atomic mass is 10.1. The van der Waals surface area contributed by atoms with Crippen LogP contribution in [0.15, 0.2) is 46.8 Å². The quantitative estimate of drug-likeness (QED) is 0.448. The van der Waals surface area contributed by atoms with Gasteiger partial charge in [-0.2, -0.15) is 4.31 Å². The number of nitrogens with one attached hydrogen (secondary N) is 1. The molecule has 16 heteroatoms. The van der Waals surface area contributed by atoms with E-state index in [9.17, 15) is 21.6 Å². The highest BCUT2D eigenvalue weighted by molar-refractivity contribution is 7.92. The molecule has 1 N–H and O–H groups in total. The highest BCUT2D eigenvalue weighted by Gasteiger charge is 2.31. The third kappa shape index (κ3) is 5.59. The number of anilines is 3. The second-order valence-corrected chi connectivity index (χ2v) is 12.9. The van der Waals surface area contributed by atoms with Gasteiger partial charge < -0.3 is 10.2 Å². The van der Waals surface area contributed by atoms with Crippen molar-refractivity contribution in [2.24, 2.45) is 0 Å². The fourth-order valence-corrected chi connectivity index (χ4v) is 6.28. The number of amides is 1. The van der Waals surface area contributed by atoms with E-state index in [1.165, 1.54) is 47.0 Å². The van der Waals surface area contributed by atoms with E-state index < -0.39 is 26.0 Å². The van der Waals surface area contributed by atoms with Crippen LogP contribution in [0.5, 0.6) is 0 Å². The Labute approximate surface area is 217 Å². The minimum Gasteiger partial charge on any atom is -0.345 e. The van der Waals surface area contributed by atoms with Crippen molar-refractivity contribution in [3.8, 4) is 0 Å². The van der Waals surface area contributed by atoms with Crippen molar-refractivity contribution in [1.82, 2.24) is 19.5 Å². The molecule has 0 saturated carbocycles. The molecular formula is C20H22ClN7O5S3. The smallest absolute Gasteiger partial charge is 0.262 e. The van der Waals surface area contributed by atoms with Gasteiger partial charge in [-0.05, 0) is 24.3 Å². The predicted molar refractivity (Wildman–Crippen MR) is 138 cm³/mol. The van der Waals surface area contributed by atoms with Crippen molar-refractivity contribution in [1.29, 1.82) is 0 Å². The van der Waals surface area contributed by atoms with Crippen molar-refractivity contribution in [2.45, 2.75) is 5.03 Å². The summed E-state index contributed by atoms with van der Waals surface area (Å²) in [7, 11) is -6.14. The Bertz CT molecular complexity index is 1470. The molecular weight excluding hydrogens is 550 g/mol. The van der Waals surface area contributed by atoms with Crippen LogP contribution in [0.1, 0.15) is 10.4 Å². The summed E-state index contributed by atoms with van der Waals surface area (Å²) in [6.07, 6.45) is 1.03. The second kappa shape index (κ2) is 10.3. The molecule has 0 radical (unpaired) electrons. The summed E-state index contributed by atoms with van der Waals surface area (Å²) in [4.78, 5) is 19.0. The number of benzene rings is 1. The average molecular weight is 572 g/mol. The minimum atomic E-state index is -3.89. The van der Waals surface area contributed by atoms with Crippen LogP contribution in [0.2, 0.25) is 5.15 Å². The number of carbonyl (C=O) groups excluding carboxylic acids is 1. The van der Waals surface area contributed by atoms with Crippen LogP contribution in [-0.2, 0) is 20.0 Å². The molecule has 3 heterocycles. The van der Waals surface area contributed by atoms with Gasteiger partial charge in [0.1, 0.15) is 5.15 Å². The van der Waals surface area contributed by atoms with Crippen molar-refractivity contribution in [2.75, 3.05) is 54.0 Å². The summed E-state index contributed by atoms with van der Waals surface area (Å²) < 4.78 is 52.2. The Morgan fingerprint density at radius 3 is 2.33 bits per heavy atom. The molecule has 12 nitrogen and oxygen atoms in total. The number of nitrogens with zero attached hydrogens (tertiary/aromatic N) is 6. The number of sulfonamides is 2. The first-order valence-corrected chi connectivity index (χ1v) is 15.1. The molecule has 192 valence electrons. The molecule has 1 aliphatic heterocycles. The number of hydrogen-bond donors (Lipinski definition) is 1. The Hall–Kier alpha value is -2.85. The Kier molecular flexibility index (Phi) is 7.47. The topological polar surface area (TPSA) is 146 Å². The zero-order valence-electron chi connectivity index (χ0n) is 19.2. The monoisotopic (exact) mass is 571 g/mol. The number of hydrogen-bond acceptors (Lipinski definition) is 10. The molecule has 0 bridgehead atoms. The molecule has 0 aliphatic carbocycles. The van der Waals surface area contributed by atoms with Gasteiger partial charge in [-0.25, -0.2) is 21.8 Å². The lowest BCUT2D eigenvalue weighted by molar-refractivity contribution is 0.102. The lowest BCUT2D eigenvalue weighted by Crippen LogP contribution is -2.48. The fourth-order valence-electron chi connectivity index (χ4n) is 3.47. The molecule has 36 heavy (non-hydrogen) atoms. The summed E-state index contributed by atoms with van der Waals surface area (Å²) in [6.45, 7) is 1.38. The lowest BCUT2D eigenvalue weighted by Gasteiger charge is -2.33. The van der Waals surface area contributed by atoms with Gasteiger partial charge in [0.25, 0.3) is 15.9 Å². The van der Waals surface area contributed by atoms with E-state index >= 15 is 0 Å². The Morgan fingerprint density at radius 1 is 1.06 bits per heavy atom. The van der Waals surface area contributed by atoms with Crippen molar-refractivity contribution < 1.29 is 21.6 Å². The van der Waals surface area contributed by atoms with Gasteiger partial charge in [0.15, 0.2) is 16.0 Å². The van der Waals surface area contributed by atoms with Crippen LogP contribution in [0, 0.1) is 0 Å². The van der Waals surface area contributed by atoms with E-state index in [4.69, 9.17) is 11.6 Å². The molecule has 3 aromatic rings. The summed E-state index contributed by atoms with van der Waals surface area (Å²) >= 11 is 7.27. The number of thiazole rings is 1. The van der Waals surface area contributed by atoms with Crippen molar-refractivity contribution >= 4 is 65.5 Å². The van der Waals surface area contributed by atoms with E-state index in [1.54, 1.807) is 17.5 Å². The molecule has 1 fully saturated rings. The third-order valence-electron chi connectivity index (χ3n) is 5.44. The molecule has 1 aromatic carbocycles. The Balaban J connectivity index is 1.44. The molecule has 0 unspecified atom stereocenters. The summed E-state index contributed by atoms with van der Waals surface area (Å²) in [5.41, 5.74) is 0.284. The number of aromatic nitrogens is 3. The zero-order chi connectivity index (χ0) is 26.1. The van der Waals surface area contributed by atoms with Crippen molar-refractivity contribution in [3.05, 3.63) is 52.5 Å².